The first-order chi connectivity index (χ1) is 6.36. The minimum absolute atomic E-state index is 0.271. The Morgan fingerprint density at radius 2 is 2.23 bits per heavy atom. The van der Waals surface area contributed by atoms with E-state index in [2.05, 4.69) is 28.1 Å². The first-order valence-electron chi connectivity index (χ1n) is 4.33. The summed E-state index contributed by atoms with van der Waals surface area (Å²) in [6.45, 7) is 2.08. The summed E-state index contributed by atoms with van der Waals surface area (Å²) in [5, 5.41) is 3.16. The molecule has 1 unspecified atom stereocenters. The third kappa shape index (κ3) is 3.12. The van der Waals surface area contributed by atoms with Gasteiger partial charge in [0.15, 0.2) is 0 Å². The van der Waals surface area contributed by atoms with E-state index in [-0.39, 0.29) is 6.04 Å². The number of aromatic nitrogens is 2. The minimum atomic E-state index is 0.271. The third-order valence-electron chi connectivity index (χ3n) is 1.76. The second-order valence-corrected chi connectivity index (χ2v) is 2.73. The molecule has 0 aromatic carbocycles. The van der Waals surface area contributed by atoms with E-state index in [0.717, 1.165) is 6.42 Å². The highest BCUT2D eigenvalue weighted by Crippen LogP contribution is 2.04. The maximum atomic E-state index is 5.23. The summed E-state index contributed by atoms with van der Waals surface area (Å²) in [6, 6.07) is 2.06. The summed E-state index contributed by atoms with van der Waals surface area (Å²) >= 11 is 0. The Morgan fingerprint density at radius 3 is 2.77 bits per heavy atom. The van der Waals surface area contributed by atoms with E-state index in [1.54, 1.807) is 18.5 Å². The normalized spacial score (nSPS) is 11.7. The molecule has 0 radical (unpaired) electrons. The molecule has 0 fully saturated rings. The number of hydrogen-bond acceptors (Lipinski definition) is 3. The SMILES string of the molecule is C#CCC(CC)Nc1ncccn1. The fraction of sp³-hybridized carbons (Fsp3) is 0.400. The van der Waals surface area contributed by atoms with Crippen molar-refractivity contribution in [2.24, 2.45) is 0 Å². The lowest BCUT2D eigenvalue weighted by Gasteiger charge is -2.13. The number of hydrogen-bond donors (Lipinski definition) is 1. The summed E-state index contributed by atoms with van der Waals surface area (Å²) < 4.78 is 0. The van der Waals surface area contributed by atoms with Crippen LogP contribution in [0.3, 0.4) is 0 Å². The highest BCUT2D eigenvalue weighted by Gasteiger charge is 2.04. The van der Waals surface area contributed by atoms with Crippen molar-refractivity contribution in [1.82, 2.24) is 9.97 Å². The van der Waals surface area contributed by atoms with Crippen molar-refractivity contribution in [3.63, 3.8) is 0 Å². The average molecular weight is 175 g/mol. The van der Waals surface area contributed by atoms with Crippen LogP contribution in [0.4, 0.5) is 5.95 Å². The quantitative estimate of drug-likeness (QED) is 0.708. The fourth-order valence-electron chi connectivity index (χ4n) is 0.996. The van der Waals surface area contributed by atoms with Gasteiger partial charge in [0.2, 0.25) is 5.95 Å². The van der Waals surface area contributed by atoms with Crippen LogP contribution >= 0.6 is 0 Å². The van der Waals surface area contributed by atoms with Gasteiger partial charge in [-0.3, -0.25) is 0 Å². The summed E-state index contributed by atoms with van der Waals surface area (Å²) in [7, 11) is 0. The van der Waals surface area contributed by atoms with Gasteiger partial charge in [0.25, 0.3) is 0 Å². The molecule has 0 spiro atoms. The summed E-state index contributed by atoms with van der Waals surface area (Å²) in [5.41, 5.74) is 0. The largest absolute Gasteiger partial charge is 0.351 e. The molecule has 1 rings (SSSR count). The van der Waals surface area contributed by atoms with Gasteiger partial charge >= 0.3 is 0 Å². The molecule has 3 nitrogen and oxygen atoms in total. The van der Waals surface area contributed by atoms with Crippen LogP contribution in [0.15, 0.2) is 18.5 Å². The molecule has 1 aromatic rings. The van der Waals surface area contributed by atoms with E-state index >= 15 is 0 Å². The van der Waals surface area contributed by atoms with Crippen LogP contribution in [0.25, 0.3) is 0 Å². The lowest BCUT2D eigenvalue weighted by Crippen LogP contribution is -2.19. The smallest absolute Gasteiger partial charge is 0.222 e. The molecule has 3 heteroatoms. The molecule has 68 valence electrons. The summed E-state index contributed by atoms with van der Waals surface area (Å²) in [5.74, 6) is 3.26. The van der Waals surface area contributed by atoms with Crippen LogP contribution in [0.2, 0.25) is 0 Å². The molecule has 0 aliphatic heterocycles. The third-order valence-corrected chi connectivity index (χ3v) is 1.76. The van der Waals surface area contributed by atoms with Gasteiger partial charge in [-0.25, -0.2) is 9.97 Å². The maximum Gasteiger partial charge on any atom is 0.222 e. The zero-order valence-electron chi connectivity index (χ0n) is 7.70. The zero-order chi connectivity index (χ0) is 9.52. The van der Waals surface area contributed by atoms with Crippen LogP contribution < -0.4 is 5.32 Å². The molecule has 0 saturated heterocycles. The van der Waals surface area contributed by atoms with E-state index in [1.807, 2.05) is 0 Å². The standard InChI is InChI=1S/C10H13N3/c1-3-6-9(4-2)13-10-11-7-5-8-12-10/h1,5,7-9H,4,6H2,2H3,(H,11,12,13). The Kier molecular flexibility index (Phi) is 3.77. The van der Waals surface area contributed by atoms with Crippen LogP contribution in [-0.4, -0.2) is 16.0 Å². The van der Waals surface area contributed by atoms with Gasteiger partial charge in [-0.2, -0.15) is 0 Å². The van der Waals surface area contributed by atoms with E-state index in [9.17, 15) is 0 Å². The van der Waals surface area contributed by atoms with Crippen LogP contribution in [0, 0.1) is 12.3 Å². The predicted molar refractivity (Wildman–Crippen MR) is 53.2 cm³/mol. The molecular formula is C10H13N3. The predicted octanol–water partition coefficient (Wildman–Crippen LogP) is 1.69. The van der Waals surface area contributed by atoms with Crippen molar-refractivity contribution in [3.8, 4) is 12.3 Å². The van der Waals surface area contributed by atoms with Crippen LogP contribution in [0.5, 0.6) is 0 Å². The van der Waals surface area contributed by atoms with Crippen LogP contribution in [0.1, 0.15) is 19.8 Å². The highest BCUT2D eigenvalue weighted by atomic mass is 15.1. The molecule has 0 bridgehead atoms. The van der Waals surface area contributed by atoms with Crippen molar-refractivity contribution < 1.29 is 0 Å². The fourth-order valence-corrected chi connectivity index (χ4v) is 0.996. The van der Waals surface area contributed by atoms with Gasteiger partial charge in [-0.1, -0.05) is 6.92 Å². The van der Waals surface area contributed by atoms with E-state index in [1.165, 1.54) is 0 Å². The molecule has 1 heterocycles. The molecule has 0 aliphatic carbocycles. The molecule has 1 aromatic heterocycles. The Balaban J connectivity index is 2.53. The maximum absolute atomic E-state index is 5.23. The number of anilines is 1. The van der Waals surface area contributed by atoms with Gasteiger partial charge in [-0.15, -0.1) is 12.3 Å². The Labute approximate surface area is 78.6 Å². The van der Waals surface area contributed by atoms with Gasteiger partial charge in [-0.05, 0) is 12.5 Å². The lowest BCUT2D eigenvalue weighted by atomic mass is 10.2. The second-order valence-electron chi connectivity index (χ2n) is 2.73. The van der Waals surface area contributed by atoms with Crippen molar-refractivity contribution in [2.45, 2.75) is 25.8 Å². The molecule has 0 saturated carbocycles. The first kappa shape index (κ1) is 9.53. The van der Waals surface area contributed by atoms with E-state index in [0.29, 0.717) is 12.4 Å². The summed E-state index contributed by atoms with van der Waals surface area (Å²) in [6.07, 6.45) is 10.3. The monoisotopic (exact) mass is 175 g/mol. The number of nitrogens with zero attached hydrogens (tertiary/aromatic N) is 2. The van der Waals surface area contributed by atoms with Crippen molar-refractivity contribution in [2.75, 3.05) is 5.32 Å². The van der Waals surface area contributed by atoms with Gasteiger partial charge in [0, 0.05) is 24.9 Å². The van der Waals surface area contributed by atoms with E-state index < -0.39 is 0 Å². The first-order valence-corrected chi connectivity index (χ1v) is 4.33. The summed E-state index contributed by atoms with van der Waals surface area (Å²) in [4.78, 5) is 8.12. The molecule has 1 atom stereocenters. The topological polar surface area (TPSA) is 37.8 Å². The zero-order valence-corrected chi connectivity index (χ0v) is 7.70. The Morgan fingerprint density at radius 1 is 1.54 bits per heavy atom. The Hall–Kier alpha value is -1.56. The number of rotatable bonds is 4. The molecular weight excluding hydrogens is 162 g/mol. The van der Waals surface area contributed by atoms with Crippen molar-refractivity contribution >= 4 is 5.95 Å². The van der Waals surface area contributed by atoms with Crippen molar-refractivity contribution in [3.05, 3.63) is 18.5 Å². The molecule has 1 N–H and O–H groups in total. The molecule has 13 heavy (non-hydrogen) atoms. The number of nitrogens with one attached hydrogen (secondary N) is 1. The molecule has 0 aliphatic rings. The lowest BCUT2D eigenvalue weighted by molar-refractivity contribution is 0.706. The van der Waals surface area contributed by atoms with Crippen molar-refractivity contribution in [1.29, 1.82) is 0 Å². The Bertz CT molecular complexity index is 276. The van der Waals surface area contributed by atoms with Gasteiger partial charge < -0.3 is 5.32 Å². The number of terminal acetylenes is 1. The average Bonchev–Trinajstić information content (AvgIpc) is 2.19. The second kappa shape index (κ2) is 5.15. The van der Waals surface area contributed by atoms with E-state index in [4.69, 9.17) is 6.42 Å². The molecule has 0 amide bonds. The van der Waals surface area contributed by atoms with Gasteiger partial charge in [0.05, 0.1) is 0 Å². The highest BCUT2D eigenvalue weighted by molar-refractivity contribution is 5.24. The minimum Gasteiger partial charge on any atom is -0.351 e. The van der Waals surface area contributed by atoms with Crippen LogP contribution in [-0.2, 0) is 0 Å². The van der Waals surface area contributed by atoms with Gasteiger partial charge in [0.1, 0.15) is 0 Å².